The molecule has 0 atom stereocenters. The standard InChI is InChI=1S/C27H43N5O2/c1-6-7-8-9-10-11-12-13-14-15-19-32-30-26(29-31-32)25(33)27(34)28-24-22(20(2)3)17-16-18-23(24)21(4)5/h16-18,20-21H,6-15,19H2,1-5H3,(H,28,34). The lowest BCUT2D eigenvalue weighted by molar-refractivity contribution is -0.112. The highest BCUT2D eigenvalue weighted by molar-refractivity contribution is 6.45. The van der Waals surface area contributed by atoms with Gasteiger partial charge in [-0.15, -0.1) is 10.2 Å². The summed E-state index contributed by atoms with van der Waals surface area (Å²) in [5.74, 6) is -1.22. The lowest BCUT2D eigenvalue weighted by Crippen LogP contribution is -2.25. The molecular weight excluding hydrogens is 426 g/mol. The van der Waals surface area contributed by atoms with Crippen molar-refractivity contribution in [3.8, 4) is 0 Å². The lowest BCUT2D eigenvalue weighted by Gasteiger charge is -2.19. The minimum Gasteiger partial charge on any atom is -0.318 e. The predicted molar refractivity (Wildman–Crippen MR) is 137 cm³/mol. The summed E-state index contributed by atoms with van der Waals surface area (Å²) in [4.78, 5) is 26.8. The second kappa shape index (κ2) is 14.6. The molecule has 2 rings (SSSR count). The van der Waals surface area contributed by atoms with Crippen molar-refractivity contribution in [2.75, 3.05) is 5.32 Å². The van der Waals surface area contributed by atoms with E-state index in [0.717, 1.165) is 24.0 Å². The number of nitrogens with one attached hydrogen (secondary N) is 1. The van der Waals surface area contributed by atoms with Crippen LogP contribution in [0.25, 0.3) is 0 Å². The number of hydrogen-bond acceptors (Lipinski definition) is 5. The number of carbonyl (C=O) groups excluding carboxylic acids is 2. The molecule has 188 valence electrons. The summed E-state index contributed by atoms with van der Waals surface area (Å²) in [6.45, 7) is 11.1. The van der Waals surface area contributed by atoms with Crippen LogP contribution in [0.1, 0.15) is 132 Å². The van der Waals surface area contributed by atoms with Crippen molar-refractivity contribution < 1.29 is 9.59 Å². The fourth-order valence-electron chi connectivity index (χ4n) is 4.14. The van der Waals surface area contributed by atoms with Crippen LogP contribution in [0.15, 0.2) is 18.2 Å². The maximum Gasteiger partial charge on any atom is 0.300 e. The van der Waals surface area contributed by atoms with Crippen LogP contribution in [-0.2, 0) is 11.3 Å². The third kappa shape index (κ3) is 8.65. The van der Waals surface area contributed by atoms with E-state index >= 15 is 0 Å². The van der Waals surface area contributed by atoms with E-state index in [0.29, 0.717) is 12.2 Å². The number of benzene rings is 1. The number of rotatable bonds is 16. The average molecular weight is 470 g/mol. The smallest absolute Gasteiger partial charge is 0.300 e. The molecule has 7 nitrogen and oxygen atoms in total. The van der Waals surface area contributed by atoms with Gasteiger partial charge in [-0.05, 0) is 34.6 Å². The Bertz CT molecular complexity index is 878. The monoisotopic (exact) mass is 469 g/mol. The Labute approximate surface area is 205 Å². The second-order valence-electron chi connectivity index (χ2n) is 9.80. The first kappa shape index (κ1) is 27.7. The first-order valence-electron chi connectivity index (χ1n) is 13.1. The van der Waals surface area contributed by atoms with E-state index in [1.54, 1.807) is 0 Å². The van der Waals surface area contributed by atoms with E-state index < -0.39 is 11.7 Å². The number of tetrazole rings is 1. The highest BCUT2D eigenvalue weighted by atomic mass is 16.2. The van der Waals surface area contributed by atoms with Gasteiger partial charge in [-0.25, -0.2) is 0 Å². The van der Waals surface area contributed by atoms with Crippen molar-refractivity contribution in [2.24, 2.45) is 0 Å². The van der Waals surface area contributed by atoms with Gasteiger partial charge >= 0.3 is 0 Å². The van der Waals surface area contributed by atoms with Crippen molar-refractivity contribution in [1.82, 2.24) is 20.2 Å². The summed E-state index contributed by atoms with van der Waals surface area (Å²) in [5.41, 5.74) is 2.72. The molecule has 1 aromatic carbocycles. The number of hydrogen-bond donors (Lipinski definition) is 1. The van der Waals surface area contributed by atoms with Crippen LogP contribution >= 0.6 is 0 Å². The number of nitrogens with zero attached hydrogens (tertiary/aromatic N) is 4. The Morgan fingerprint density at radius 1 is 0.853 bits per heavy atom. The van der Waals surface area contributed by atoms with E-state index in [9.17, 15) is 9.59 Å². The average Bonchev–Trinajstić information content (AvgIpc) is 3.28. The van der Waals surface area contributed by atoms with E-state index in [1.165, 1.54) is 56.2 Å². The van der Waals surface area contributed by atoms with Crippen LogP contribution in [0.3, 0.4) is 0 Å². The number of aryl methyl sites for hydroxylation is 1. The molecule has 0 spiro atoms. The molecule has 0 unspecified atom stereocenters. The van der Waals surface area contributed by atoms with Gasteiger partial charge in [0, 0.05) is 5.69 Å². The third-order valence-corrected chi connectivity index (χ3v) is 6.19. The quantitative estimate of drug-likeness (QED) is 0.169. The van der Waals surface area contributed by atoms with Gasteiger partial charge in [0.05, 0.1) is 6.54 Å². The number of unbranched alkanes of at least 4 members (excludes halogenated alkanes) is 9. The maximum absolute atomic E-state index is 12.7. The third-order valence-electron chi connectivity index (χ3n) is 6.19. The molecular formula is C27H43N5O2. The summed E-state index contributed by atoms with van der Waals surface area (Å²) in [6, 6.07) is 5.96. The van der Waals surface area contributed by atoms with Gasteiger partial charge in [0.25, 0.3) is 17.5 Å². The Kier molecular flexibility index (Phi) is 11.9. The normalized spacial score (nSPS) is 11.4. The fraction of sp³-hybridized carbons (Fsp3) is 0.667. The Balaban J connectivity index is 1.83. The van der Waals surface area contributed by atoms with Crippen LogP contribution < -0.4 is 5.32 Å². The first-order valence-corrected chi connectivity index (χ1v) is 13.1. The van der Waals surface area contributed by atoms with Gasteiger partial charge in [-0.1, -0.05) is 111 Å². The molecule has 0 saturated carbocycles. The molecule has 0 aliphatic heterocycles. The molecule has 2 aromatic rings. The van der Waals surface area contributed by atoms with Crippen molar-refractivity contribution in [3.63, 3.8) is 0 Å². The molecule has 1 N–H and O–H groups in total. The van der Waals surface area contributed by atoms with Crippen LogP contribution in [0.5, 0.6) is 0 Å². The summed E-state index contributed by atoms with van der Waals surface area (Å²) in [6.07, 6.45) is 12.5. The van der Waals surface area contributed by atoms with Gasteiger partial charge < -0.3 is 5.32 Å². The fourth-order valence-corrected chi connectivity index (χ4v) is 4.14. The SMILES string of the molecule is CCCCCCCCCCCCn1nnc(C(=O)C(=O)Nc2c(C(C)C)cccc2C(C)C)n1. The number of anilines is 1. The highest BCUT2D eigenvalue weighted by Crippen LogP contribution is 2.32. The van der Waals surface area contributed by atoms with Crippen LogP contribution in [-0.4, -0.2) is 31.9 Å². The molecule has 0 radical (unpaired) electrons. The number of Topliss-reactive ketones (excluding diaryl/α,β-unsaturated/α-hetero) is 1. The van der Waals surface area contributed by atoms with E-state index in [2.05, 4.69) is 55.3 Å². The summed E-state index contributed by atoms with van der Waals surface area (Å²) in [5, 5.41) is 14.8. The van der Waals surface area contributed by atoms with Gasteiger partial charge in [-0.2, -0.15) is 4.80 Å². The van der Waals surface area contributed by atoms with Gasteiger partial charge in [0.1, 0.15) is 0 Å². The summed E-state index contributed by atoms with van der Waals surface area (Å²) >= 11 is 0. The molecule has 1 amide bonds. The molecule has 0 fully saturated rings. The van der Waals surface area contributed by atoms with Crippen LogP contribution in [0, 0.1) is 0 Å². The first-order chi connectivity index (χ1) is 16.3. The highest BCUT2D eigenvalue weighted by Gasteiger charge is 2.24. The van der Waals surface area contributed by atoms with Crippen LogP contribution in [0.4, 0.5) is 5.69 Å². The number of aromatic nitrogens is 4. The summed E-state index contributed by atoms with van der Waals surface area (Å²) < 4.78 is 0. The zero-order valence-electron chi connectivity index (χ0n) is 21.8. The zero-order chi connectivity index (χ0) is 24.9. The zero-order valence-corrected chi connectivity index (χ0v) is 21.8. The molecule has 0 saturated heterocycles. The molecule has 1 aromatic heterocycles. The van der Waals surface area contributed by atoms with Gasteiger partial charge in [0.15, 0.2) is 0 Å². The minimum atomic E-state index is -0.761. The lowest BCUT2D eigenvalue weighted by atomic mass is 9.92. The van der Waals surface area contributed by atoms with Crippen molar-refractivity contribution in [1.29, 1.82) is 0 Å². The number of ketones is 1. The number of para-hydroxylation sites is 1. The summed E-state index contributed by atoms with van der Waals surface area (Å²) in [7, 11) is 0. The van der Waals surface area contributed by atoms with Gasteiger partial charge in [0.2, 0.25) is 0 Å². The molecule has 34 heavy (non-hydrogen) atoms. The van der Waals surface area contributed by atoms with Crippen molar-refractivity contribution in [3.05, 3.63) is 35.2 Å². The Hall–Kier alpha value is -2.57. The molecule has 1 heterocycles. The second-order valence-corrected chi connectivity index (χ2v) is 9.80. The number of carbonyl (C=O) groups is 2. The van der Waals surface area contributed by atoms with E-state index in [4.69, 9.17) is 0 Å². The molecule has 0 bridgehead atoms. The molecule has 7 heteroatoms. The number of amides is 1. The van der Waals surface area contributed by atoms with Crippen LogP contribution in [0.2, 0.25) is 0 Å². The van der Waals surface area contributed by atoms with E-state index in [-0.39, 0.29) is 17.7 Å². The van der Waals surface area contributed by atoms with Crippen molar-refractivity contribution >= 4 is 17.4 Å². The molecule has 0 aliphatic carbocycles. The minimum absolute atomic E-state index is 0.155. The Morgan fingerprint density at radius 2 is 1.38 bits per heavy atom. The Morgan fingerprint density at radius 3 is 1.91 bits per heavy atom. The predicted octanol–water partition coefficient (Wildman–Crippen LogP) is 6.66. The van der Waals surface area contributed by atoms with Gasteiger partial charge in [-0.3, -0.25) is 9.59 Å². The van der Waals surface area contributed by atoms with Crippen molar-refractivity contribution in [2.45, 2.75) is 117 Å². The maximum atomic E-state index is 12.7. The topological polar surface area (TPSA) is 89.8 Å². The largest absolute Gasteiger partial charge is 0.318 e. The van der Waals surface area contributed by atoms with E-state index in [1.807, 2.05) is 18.2 Å². The molecule has 0 aliphatic rings.